The van der Waals surface area contributed by atoms with E-state index in [1.165, 1.54) is 18.2 Å². The van der Waals surface area contributed by atoms with Crippen LogP contribution in [0.1, 0.15) is 11.1 Å². The Labute approximate surface area is 218 Å². The number of aliphatic hydroxyl groups is 1. The van der Waals surface area contributed by atoms with Gasteiger partial charge in [-0.3, -0.25) is 0 Å². The Balaban J connectivity index is 1.92. The molecule has 1 heterocycles. The molecule has 0 bridgehead atoms. The molecule has 1 atom stereocenters. The van der Waals surface area contributed by atoms with Crippen LogP contribution in [0.2, 0.25) is 0 Å². The van der Waals surface area contributed by atoms with Crippen LogP contribution in [0.15, 0.2) is 66.9 Å². The van der Waals surface area contributed by atoms with Crippen molar-refractivity contribution in [3.05, 3.63) is 78.0 Å². The van der Waals surface area contributed by atoms with Crippen LogP contribution in [0.4, 0.5) is 54.0 Å². The molecule has 1 N–H and O–H groups in total. The maximum Gasteiger partial charge on any atom is 0.574 e. The quantitative estimate of drug-likeness (QED) is 0.264. The highest BCUT2D eigenvalue weighted by Gasteiger charge is 2.58. The minimum absolute atomic E-state index is 0.102. The second-order valence-electron chi connectivity index (χ2n) is 8.19. The molecule has 1 unspecified atom stereocenters. The Hall–Kier alpha value is -3.82. The summed E-state index contributed by atoms with van der Waals surface area (Å²) in [4.78, 5) is 4.21. The van der Waals surface area contributed by atoms with Crippen molar-refractivity contribution in [3.63, 3.8) is 0 Å². The van der Waals surface area contributed by atoms with Crippen LogP contribution in [0.25, 0.3) is 0 Å². The van der Waals surface area contributed by atoms with E-state index in [1.807, 2.05) is 0 Å². The van der Waals surface area contributed by atoms with Crippen molar-refractivity contribution in [1.82, 2.24) is 4.98 Å². The van der Waals surface area contributed by atoms with Crippen LogP contribution in [0.5, 0.6) is 17.4 Å². The average Bonchev–Trinajstić information content (AvgIpc) is 2.82. The molecule has 0 saturated carbocycles. The first kappa shape index (κ1) is 30.7. The number of benzene rings is 2. The van der Waals surface area contributed by atoms with E-state index in [0.717, 1.165) is 41.4 Å². The monoisotopic (exact) mass is 590 g/mol. The van der Waals surface area contributed by atoms with Gasteiger partial charge in [0.25, 0.3) is 0 Å². The minimum Gasteiger partial charge on any atom is -0.457 e. The van der Waals surface area contributed by atoms with Crippen LogP contribution in [0, 0.1) is 0 Å². The molecule has 0 amide bonds. The number of hydrogen-bond donors (Lipinski definition) is 1. The predicted molar refractivity (Wildman–Crippen MR) is 117 cm³/mol. The molecular formula is C24H17F11N2O3. The summed E-state index contributed by atoms with van der Waals surface area (Å²) < 4.78 is 152. The van der Waals surface area contributed by atoms with E-state index in [4.69, 9.17) is 4.74 Å². The maximum atomic E-state index is 13.8. The van der Waals surface area contributed by atoms with Gasteiger partial charge in [-0.1, -0.05) is 24.3 Å². The van der Waals surface area contributed by atoms with Crippen LogP contribution < -0.4 is 14.4 Å². The van der Waals surface area contributed by atoms with Crippen molar-refractivity contribution in [2.75, 3.05) is 11.4 Å². The van der Waals surface area contributed by atoms with Gasteiger partial charge < -0.3 is 19.5 Å². The second kappa shape index (κ2) is 11.3. The molecule has 0 radical (unpaired) electrons. The highest BCUT2D eigenvalue weighted by molar-refractivity contribution is 5.52. The van der Waals surface area contributed by atoms with Crippen molar-refractivity contribution in [1.29, 1.82) is 0 Å². The van der Waals surface area contributed by atoms with Gasteiger partial charge in [-0.05, 0) is 29.8 Å². The Kier molecular flexibility index (Phi) is 8.71. The molecule has 2 aromatic carbocycles. The number of ether oxygens (including phenoxy) is 2. The summed E-state index contributed by atoms with van der Waals surface area (Å²) in [6, 6.07) is 9.75. The predicted octanol–water partition coefficient (Wildman–Crippen LogP) is 7.36. The smallest absolute Gasteiger partial charge is 0.457 e. The fraction of sp³-hybridized carbons (Fsp3) is 0.292. The van der Waals surface area contributed by atoms with Crippen LogP contribution in [-0.2, 0) is 12.5 Å². The number of rotatable bonds is 9. The van der Waals surface area contributed by atoms with E-state index in [1.54, 1.807) is 0 Å². The van der Waals surface area contributed by atoms with E-state index in [-0.39, 0.29) is 22.7 Å². The van der Waals surface area contributed by atoms with E-state index in [9.17, 15) is 53.4 Å². The lowest BCUT2D eigenvalue weighted by Crippen LogP contribution is -2.41. The van der Waals surface area contributed by atoms with Gasteiger partial charge in [0.15, 0.2) is 6.10 Å². The Morgan fingerprint density at radius 2 is 1.45 bits per heavy atom. The molecule has 0 aliphatic heterocycles. The van der Waals surface area contributed by atoms with E-state index < -0.39 is 55.3 Å². The van der Waals surface area contributed by atoms with Crippen molar-refractivity contribution >= 4 is 5.69 Å². The molecule has 3 aromatic rings. The van der Waals surface area contributed by atoms with Gasteiger partial charge in [0.1, 0.15) is 11.5 Å². The van der Waals surface area contributed by atoms with Crippen LogP contribution in [-0.4, -0.2) is 41.5 Å². The highest BCUT2D eigenvalue weighted by Crippen LogP contribution is 2.44. The normalized spacial score (nSPS) is 13.6. The van der Waals surface area contributed by atoms with Gasteiger partial charge in [0, 0.05) is 36.1 Å². The van der Waals surface area contributed by atoms with Gasteiger partial charge in [0.2, 0.25) is 5.88 Å². The number of nitrogens with zero attached hydrogens (tertiary/aromatic N) is 2. The summed E-state index contributed by atoms with van der Waals surface area (Å²) in [6.45, 7) is -1.82. The number of pyridine rings is 1. The number of alkyl halides is 11. The van der Waals surface area contributed by atoms with Gasteiger partial charge in [0.05, 0.1) is 6.54 Å². The molecule has 1 aromatic heterocycles. The molecule has 0 aliphatic rings. The molecule has 218 valence electrons. The zero-order valence-corrected chi connectivity index (χ0v) is 19.7. The molecule has 3 rings (SSSR count). The summed E-state index contributed by atoms with van der Waals surface area (Å²) in [5, 5.41) is 9.63. The Morgan fingerprint density at radius 3 is 2.08 bits per heavy atom. The number of hydrogen-bond acceptors (Lipinski definition) is 5. The molecule has 16 heteroatoms. The lowest BCUT2D eigenvalue weighted by molar-refractivity contribution is -0.289. The largest absolute Gasteiger partial charge is 0.574 e. The standard InChI is InChI=1S/C24H17F11N2O3/c25-21(26,23(30,31)32)15-4-1-3-14(9-15)12-37(13-19(38)22(27,28)29)16-5-2-6-17(10-16)39-18-7-8-36-20(11-18)40-24(33,34)35/h1-11,19,38H,12-13H2. The Bertz CT molecular complexity index is 1290. The van der Waals surface area contributed by atoms with Crippen LogP contribution in [0.3, 0.4) is 0 Å². The summed E-state index contributed by atoms with van der Waals surface area (Å²) in [6.07, 6.45) is -18.1. The van der Waals surface area contributed by atoms with Crippen molar-refractivity contribution in [2.24, 2.45) is 0 Å². The minimum atomic E-state index is -5.93. The van der Waals surface area contributed by atoms with Gasteiger partial charge in [-0.2, -0.15) is 35.1 Å². The molecular weight excluding hydrogens is 573 g/mol. The van der Waals surface area contributed by atoms with Crippen molar-refractivity contribution < 1.29 is 62.9 Å². The molecule has 0 fully saturated rings. The van der Waals surface area contributed by atoms with Gasteiger partial charge >= 0.3 is 24.6 Å². The highest BCUT2D eigenvalue weighted by atomic mass is 19.4. The second-order valence-corrected chi connectivity index (χ2v) is 8.19. The summed E-state index contributed by atoms with van der Waals surface area (Å²) >= 11 is 0. The SMILES string of the molecule is OC(CN(Cc1cccc(C(F)(F)C(F)(F)F)c1)c1cccc(Oc2ccnc(OC(F)(F)F)c2)c1)C(F)(F)F. The first-order chi connectivity index (χ1) is 18.3. The number of aliphatic hydroxyl groups excluding tert-OH is 1. The topological polar surface area (TPSA) is 54.8 Å². The molecule has 40 heavy (non-hydrogen) atoms. The zero-order chi connectivity index (χ0) is 29.9. The summed E-state index contributed by atoms with van der Waals surface area (Å²) in [7, 11) is 0. The molecule has 0 spiro atoms. The fourth-order valence-corrected chi connectivity index (χ4v) is 3.33. The summed E-state index contributed by atoms with van der Waals surface area (Å²) in [5.74, 6) is -6.45. The van der Waals surface area contributed by atoms with Gasteiger partial charge in [-0.25, -0.2) is 4.98 Å². The Morgan fingerprint density at radius 1 is 0.800 bits per heavy atom. The molecule has 0 aliphatic carbocycles. The summed E-state index contributed by atoms with van der Waals surface area (Å²) in [5.41, 5.74) is -1.79. The number of halogens is 11. The fourth-order valence-electron chi connectivity index (χ4n) is 3.33. The number of anilines is 1. The van der Waals surface area contributed by atoms with Crippen molar-refractivity contribution in [2.45, 2.75) is 37.3 Å². The third-order valence-corrected chi connectivity index (χ3v) is 5.14. The number of aromatic nitrogens is 1. The first-order valence-electron chi connectivity index (χ1n) is 10.9. The first-order valence-corrected chi connectivity index (χ1v) is 10.9. The lowest BCUT2D eigenvalue weighted by Gasteiger charge is -2.29. The maximum absolute atomic E-state index is 13.8. The average molecular weight is 590 g/mol. The third-order valence-electron chi connectivity index (χ3n) is 5.14. The third kappa shape index (κ3) is 8.09. The van der Waals surface area contributed by atoms with Gasteiger partial charge in [-0.15, -0.1) is 13.2 Å². The van der Waals surface area contributed by atoms with E-state index >= 15 is 0 Å². The molecule has 0 saturated heterocycles. The molecule has 5 nitrogen and oxygen atoms in total. The lowest BCUT2D eigenvalue weighted by atomic mass is 10.0. The van der Waals surface area contributed by atoms with Crippen molar-refractivity contribution in [3.8, 4) is 17.4 Å². The zero-order valence-electron chi connectivity index (χ0n) is 19.7. The van der Waals surface area contributed by atoms with E-state index in [0.29, 0.717) is 12.1 Å². The van der Waals surface area contributed by atoms with Crippen LogP contribution >= 0.6 is 0 Å². The van der Waals surface area contributed by atoms with E-state index in [2.05, 4.69) is 9.72 Å².